The lowest BCUT2D eigenvalue weighted by Gasteiger charge is -2.20. The van der Waals surface area contributed by atoms with E-state index in [9.17, 15) is 18.0 Å². The molecule has 9 heteroatoms. The predicted octanol–water partition coefficient (Wildman–Crippen LogP) is 2.61. The van der Waals surface area contributed by atoms with E-state index in [2.05, 4.69) is 5.32 Å². The van der Waals surface area contributed by atoms with Gasteiger partial charge in [0.15, 0.2) is 0 Å². The number of ether oxygens (including phenoxy) is 1. The summed E-state index contributed by atoms with van der Waals surface area (Å²) in [7, 11) is -2.34. The minimum Gasteiger partial charge on any atom is -0.496 e. The van der Waals surface area contributed by atoms with Gasteiger partial charge in [-0.1, -0.05) is 25.0 Å². The Balaban J connectivity index is 1.95. The summed E-state index contributed by atoms with van der Waals surface area (Å²) in [6.45, 7) is 0.920. The van der Waals surface area contributed by atoms with Gasteiger partial charge in [0, 0.05) is 13.1 Å². The van der Waals surface area contributed by atoms with Crippen LogP contribution in [0.5, 0.6) is 5.75 Å². The van der Waals surface area contributed by atoms with Crippen LogP contribution in [0, 0.1) is 0 Å². The molecule has 3 N–H and O–H groups in total. The van der Waals surface area contributed by atoms with Gasteiger partial charge in [0.1, 0.15) is 5.75 Å². The Hall–Kier alpha value is -2.91. The van der Waals surface area contributed by atoms with Crippen LogP contribution < -0.4 is 15.8 Å². The molecule has 0 saturated carbocycles. The molecule has 2 amide bonds. The lowest BCUT2D eigenvalue weighted by Crippen LogP contribution is -2.32. The molecule has 0 bridgehead atoms. The van der Waals surface area contributed by atoms with Crippen molar-refractivity contribution >= 4 is 27.5 Å². The van der Waals surface area contributed by atoms with Crippen molar-refractivity contribution < 1.29 is 22.7 Å². The Bertz CT molecular complexity index is 1040. The number of rotatable bonds is 6. The number of nitrogens with one attached hydrogen (secondary N) is 1. The maximum atomic E-state index is 13.1. The number of hydrogen-bond donors (Lipinski definition) is 2. The van der Waals surface area contributed by atoms with Gasteiger partial charge in [-0.05, 0) is 43.2 Å². The molecule has 1 aliphatic heterocycles. The zero-order valence-electron chi connectivity index (χ0n) is 16.8. The SMILES string of the molecule is COc1ccc(S(=O)(=O)N2CCCCCC2)cc1C(=O)Nc1ccccc1C(N)=O. The molecular formula is C21H25N3O5S. The van der Waals surface area contributed by atoms with Crippen molar-refractivity contribution in [1.29, 1.82) is 0 Å². The molecule has 3 rings (SSSR count). The van der Waals surface area contributed by atoms with Crippen molar-refractivity contribution in [3.63, 3.8) is 0 Å². The average molecular weight is 432 g/mol. The van der Waals surface area contributed by atoms with E-state index in [0.29, 0.717) is 13.1 Å². The number of hydrogen-bond acceptors (Lipinski definition) is 5. The third kappa shape index (κ3) is 4.63. The molecule has 0 atom stereocenters. The molecule has 160 valence electrons. The maximum absolute atomic E-state index is 13.1. The summed E-state index contributed by atoms with van der Waals surface area (Å²) in [5.74, 6) is -1.07. The van der Waals surface area contributed by atoms with Crippen LogP contribution in [0.15, 0.2) is 47.4 Å². The smallest absolute Gasteiger partial charge is 0.259 e. The summed E-state index contributed by atoms with van der Waals surface area (Å²) in [6.07, 6.45) is 3.63. The number of benzene rings is 2. The van der Waals surface area contributed by atoms with Crippen molar-refractivity contribution in [3.8, 4) is 5.75 Å². The number of methoxy groups -OCH3 is 1. The molecule has 1 saturated heterocycles. The van der Waals surface area contributed by atoms with Crippen molar-refractivity contribution in [2.24, 2.45) is 5.73 Å². The number of nitrogens with two attached hydrogens (primary N) is 1. The summed E-state index contributed by atoms with van der Waals surface area (Å²) >= 11 is 0. The van der Waals surface area contributed by atoms with Gasteiger partial charge < -0.3 is 15.8 Å². The van der Waals surface area contributed by atoms with Crippen LogP contribution in [0.4, 0.5) is 5.69 Å². The number of amides is 2. The van der Waals surface area contributed by atoms with Gasteiger partial charge in [-0.2, -0.15) is 4.31 Å². The number of sulfonamides is 1. The molecule has 2 aromatic carbocycles. The third-order valence-corrected chi connectivity index (χ3v) is 6.95. The molecule has 0 aliphatic carbocycles. The first-order chi connectivity index (χ1) is 14.3. The highest BCUT2D eigenvalue weighted by Gasteiger charge is 2.27. The van der Waals surface area contributed by atoms with Gasteiger partial charge in [0.2, 0.25) is 10.0 Å². The Labute approximate surface area is 176 Å². The van der Waals surface area contributed by atoms with Crippen molar-refractivity contribution in [2.45, 2.75) is 30.6 Å². The second-order valence-electron chi connectivity index (χ2n) is 7.04. The Morgan fingerprint density at radius 1 is 1.00 bits per heavy atom. The first-order valence-electron chi connectivity index (χ1n) is 9.73. The molecule has 0 unspecified atom stereocenters. The van der Waals surface area contributed by atoms with Crippen LogP contribution in [-0.4, -0.2) is 44.7 Å². The normalized spacial score (nSPS) is 15.2. The van der Waals surface area contributed by atoms with E-state index >= 15 is 0 Å². The van der Waals surface area contributed by atoms with E-state index in [0.717, 1.165) is 25.7 Å². The first-order valence-corrected chi connectivity index (χ1v) is 11.2. The van der Waals surface area contributed by atoms with Gasteiger partial charge in [-0.25, -0.2) is 8.42 Å². The molecule has 8 nitrogen and oxygen atoms in total. The number of carbonyl (C=O) groups excluding carboxylic acids is 2. The summed E-state index contributed by atoms with van der Waals surface area (Å²) < 4.78 is 32.9. The third-order valence-electron chi connectivity index (χ3n) is 5.06. The standard InChI is InChI=1S/C21H25N3O5S/c1-29-19-11-10-15(30(27,28)24-12-6-2-3-7-13-24)14-17(19)21(26)23-18-9-5-4-8-16(18)20(22)25/h4-5,8-11,14H,2-3,6-7,12-13H2,1H3,(H2,22,25)(H,23,26). The summed E-state index contributed by atoms with van der Waals surface area (Å²) in [4.78, 5) is 24.6. The van der Waals surface area contributed by atoms with E-state index in [1.54, 1.807) is 18.2 Å². The number of primary amides is 1. The van der Waals surface area contributed by atoms with E-state index in [1.807, 2.05) is 0 Å². The van der Waals surface area contributed by atoms with E-state index in [1.165, 1.54) is 35.7 Å². The van der Waals surface area contributed by atoms with Crippen LogP contribution in [0.2, 0.25) is 0 Å². The van der Waals surface area contributed by atoms with Crippen molar-refractivity contribution in [1.82, 2.24) is 4.31 Å². The Kier molecular flexibility index (Phi) is 6.73. The average Bonchev–Trinajstić information content (AvgIpc) is 3.03. The molecule has 2 aromatic rings. The second-order valence-corrected chi connectivity index (χ2v) is 8.98. The molecular weight excluding hydrogens is 406 g/mol. The zero-order chi connectivity index (χ0) is 21.7. The summed E-state index contributed by atoms with van der Waals surface area (Å²) in [5.41, 5.74) is 5.80. The minimum absolute atomic E-state index is 0.0264. The zero-order valence-corrected chi connectivity index (χ0v) is 17.6. The van der Waals surface area contributed by atoms with Crippen LogP contribution >= 0.6 is 0 Å². The fourth-order valence-electron chi connectivity index (χ4n) is 3.45. The molecule has 30 heavy (non-hydrogen) atoms. The fourth-order valence-corrected chi connectivity index (χ4v) is 5.00. The highest BCUT2D eigenvalue weighted by Crippen LogP contribution is 2.27. The van der Waals surface area contributed by atoms with Gasteiger partial charge in [-0.15, -0.1) is 0 Å². The largest absolute Gasteiger partial charge is 0.496 e. The predicted molar refractivity (Wildman–Crippen MR) is 113 cm³/mol. The Morgan fingerprint density at radius 3 is 2.30 bits per heavy atom. The fraction of sp³-hybridized carbons (Fsp3) is 0.333. The van der Waals surface area contributed by atoms with Gasteiger partial charge in [0.05, 0.1) is 28.8 Å². The van der Waals surface area contributed by atoms with Gasteiger partial charge in [-0.3, -0.25) is 9.59 Å². The molecule has 0 spiro atoms. The highest BCUT2D eigenvalue weighted by molar-refractivity contribution is 7.89. The molecule has 0 radical (unpaired) electrons. The Morgan fingerprint density at radius 2 is 1.67 bits per heavy atom. The lowest BCUT2D eigenvalue weighted by molar-refractivity contribution is 0.100. The first kappa shape index (κ1) is 21.8. The number of carbonyl (C=O) groups is 2. The monoisotopic (exact) mass is 431 g/mol. The van der Waals surface area contributed by atoms with E-state index < -0.39 is 21.8 Å². The van der Waals surface area contributed by atoms with Gasteiger partial charge >= 0.3 is 0 Å². The van der Waals surface area contributed by atoms with E-state index in [-0.39, 0.29) is 27.5 Å². The highest BCUT2D eigenvalue weighted by atomic mass is 32.2. The van der Waals surface area contributed by atoms with Crippen molar-refractivity contribution in [3.05, 3.63) is 53.6 Å². The maximum Gasteiger partial charge on any atom is 0.259 e. The molecule has 1 heterocycles. The quantitative estimate of drug-likeness (QED) is 0.729. The van der Waals surface area contributed by atoms with E-state index in [4.69, 9.17) is 10.5 Å². The van der Waals surface area contributed by atoms with Crippen LogP contribution in [0.1, 0.15) is 46.4 Å². The van der Waals surface area contributed by atoms with Gasteiger partial charge in [0.25, 0.3) is 11.8 Å². The van der Waals surface area contributed by atoms with Crippen LogP contribution in [-0.2, 0) is 10.0 Å². The molecule has 0 aromatic heterocycles. The second kappa shape index (κ2) is 9.27. The van der Waals surface area contributed by atoms with Crippen LogP contribution in [0.3, 0.4) is 0 Å². The summed E-state index contributed by atoms with van der Waals surface area (Å²) in [6, 6.07) is 10.5. The number of anilines is 1. The summed E-state index contributed by atoms with van der Waals surface area (Å²) in [5, 5.41) is 2.62. The molecule has 1 fully saturated rings. The topological polar surface area (TPSA) is 119 Å². The number of nitrogens with zero attached hydrogens (tertiary/aromatic N) is 1. The van der Waals surface area contributed by atoms with Crippen LogP contribution in [0.25, 0.3) is 0 Å². The lowest BCUT2D eigenvalue weighted by atomic mass is 10.1. The number of para-hydroxylation sites is 1. The van der Waals surface area contributed by atoms with Crippen molar-refractivity contribution in [2.75, 3.05) is 25.5 Å². The minimum atomic E-state index is -3.74. The molecule has 1 aliphatic rings.